The molecule has 4 aromatic carbocycles. The van der Waals surface area contributed by atoms with E-state index in [0.717, 1.165) is 12.1 Å². The van der Waals surface area contributed by atoms with E-state index in [-0.39, 0.29) is 73.3 Å². The fourth-order valence-electron chi connectivity index (χ4n) is 5.55. The molecule has 0 aliphatic heterocycles. The first-order chi connectivity index (χ1) is 25.5. The Kier molecular flexibility index (Phi) is 9.93. The molecule has 2 heterocycles. The number of Topliss-reactive ketones (excluding diaryl/α,β-unsaturated/α-hetero) is 2. The van der Waals surface area contributed by atoms with Crippen molar-refractivity contribution in [1.82, 2.24) is 9.97 Å². The third-order valence-electron chi connectivity index (χ3n) is 7.97. The second-order valence-corrected chi connectivity index (χ2v) is 14.4. The molecule has 0 aliphatic rings. The molecule has 0 unspecified atom stereocenters. The van der Waals surface area contributed by atoms with Gasteiger partial charge in [0.2, 0.25) is 0 Å². The van der Waals surface area contributed by atoms with Crippen LogP contribution in [-0.2, 0) is 20.2 Å². The minimum absolute atomic E-state index is 0.0227. The highest BCUT2D eigenvalue weighted by atomic mass is 32.2. The predicted molar refractivity (Wildman–Crippen MR) is 197 cm³/mol. The van der Waals surface area contributed by atoms with E-state index in [9.17, 15) is 45.7 Å². The number of aromatic nitrogens is 2. The van der Waals surface area contributed by atoms with Crippen molar-refractivity contribution in [3.63, 3.8) is 0 Å². The number of carbonyl (C=O) groups excluding carboxylic acids is 2. The second kappa shape index (κ2) is 14.4. The number of carbonyl (C=O) groups is 2. The molecule has 0 bridgehead atoms. The molecule has 0 radical (unpaired) electrons. The van der Waals surface area contributed by atoms with Crippen molar-refractivity contribution in [2.45, 2.75) is 23.6 Å². The van der Waals surface area contributed by atoms with Gasteiger partial charge in [0, 0.05) is 34.8 Å². The van der Waals surface area contributed by atoms with Crippen molar-refractivity contribution in [3.8, 4) is 11.5 Å². The van der Waals surface area contributed by atoms with Gasteiger partial charge in [0.25, 0.3) is 20.2 Å². The lowest BCUT2D eigenvalue weighted by molar-refractivity contribution is 0.101. The first-order valence-electron chi connectivity index (χ1n) is 15.5. The largest absolute Gasteiger partial charge is 0.506 e. The molecular formula is C36H26N6O10S2. The van der Waals surface area contributed by atoms with E-state index in [1.165, 1.54) is 74.8 Å². The van der Waals surface area contributed by atoms with Gasteiger partial charge in [-0.2, -0.15) is 27.1 Å². The van der Waals surface area contributed by atoms with Gasteiger partial charge in [0.1, 0.15) is 37.9 Å². The van der Waals surface area contributed by atoms with E-state index in [2.05, 4.69) is 30.4 Å². The number of fused-ring (bicyclic) bond motifs is 2. The summed E-state index contributed by atoms with van der Waals surface area (Å²) in [6.45, 7) is 2.62. The van der Waals surface area contributed by atoms with Crippen LogP contribution in [-0.4, -0.2) is 57.7 Å². The summed E-state index contributed by atoms with van der Waals surface area (Å²) in [5.74, 6) is -1.36. The number of pyridine rings is 2. The smallest absolute Gasteiger partial charge is 0.295 e. The summed E-state index contributed by atoms with van der Waals surface area (Å²) >= 11 is 0. The molecule has 272 valence electrons. The molecule has 6 aromatic rings. The molecule has 0 amide bonds. The Morgan fingerprint density at radius 3 is 1.67 bits per heavy atom. The van der Waals surface area contributed by atoms with E-state index in [1.54, 1.807) is 24.3 Å². The van der Waals surface area contributed by atoms with Crippen molar-refractivity contribution >= 4 is 88.5 Å². The molecule has 6 rings (SSSR count). The minimum Gasteiger partial charge on any atom is -0.506 e. The topological polar surface area (TPSA) is 259 Å². The van der Waals surface area contributed by atoms with Crippen molar-refractivity contribution in [3.05, 3.63) is 107 Å². The molecule has 2 aromatic heterocycles. The van der Waals surface area contributed by atoms with Crippen molar-refractivity contribution in [2.24, 2.45) is 20.5 Å². The maximum absolute atomic E-state index is 12.5. The van der Waals surface area contributed by atoms with Gasteiger partial charge in [-0.1, -0.05) is 36.4 Å². The van der Waals surface area contributed by atoms with Gasteiger partial charge >= 0.3 is 0 Å². The van der Waals surface area contributed by atoms with Crippen LogP contribution < -0.4 is 0 Å². The zero-order valence-electron chi connectivity index (χ0n) is 28.0. The maximum atomic E-state index is 12.5. The van der Waals surface area contributed by atoms with Crippen LogP contribution in [0.15, 0.2) is 115 Å². The monoisotopic (exact) mass is 766 g/mol. The van der Waals surface area contributed by atoms with Crippen LogP contribution in [0.1, 0.15) is 45.7 Å². The van der Waals surface area contributed by atoms with Crippen LogP contribution >= 0.6 is 0 Å². The second-order valence-electron chi connectivity index (χ2n) is 11.6. The number of hydrogen-bond acceptors (Lipinski definition) is 14. The number of benzene rings is 4. The molecule has 18 heteroatoms. The highest BCUT2D eigenvalue weighted by Crippen LogP contribution is 2.38. The zero-order valence-corrected chi connectivity index (χ0v) is 29.6. The molecule has 0 saturated heterocycles. The standard InChI is InChI=1S/C36H26N6O10S2/c1-19(43)27-17-29(36(46)35-25(27)5-3-14-38-35)42-40-24-12-10-22(32(16-24)54(50,51)52)8-7-21-9-11-23(15-31(21)53(47,48)49)39-41-28-18-30(45)34-26(6-4-13-37-34)33(28)20(2)44/h3-18,45-46H,1-2H3,(H,47,48,49)(H,50,51,52)/b8-7+,41-39?,42-40?. The Morgan fingerprint density at radius 1 is 0.630 bits per heavy atom. The minimum atomic E-state index is -4.90. The summed E-state index contributed by atoms with van der Waals surface area (Å²) in [6.07, 6.45) is 5.19. The Balaban J connectivity index is 1.34. The Morgan fingerprint density at radius 2 is 1.15 bits per heavy atom. The van der Waals surface area contributed by atoms with Gasteiger partial charge in [-0.15, -0.1) is 10.2 Å². The maximum Gasteiger partial charge on any atom is 0.295 e. The average Bonchev–Trinajstić information content (AvgIpc) is 3.12. The summed E-state index contributed by atoms with van der Waals surface area (Å²) < 4.78 is 69.7. The van der Waals surface area contributed by atoms with Gasteiger partial charge in [-0.05, 0) is 67.4 Å². The SMILES string of the molecule is CC(=O)c1cc(N=Nc2ccc(/C=C/c3ccc(N=Nc4cc(O)c5ncccc5c4C(C)=O)cc3S(=O)(=O)O)c(S(=O)(=O)O)c2)c(O)c2ncccc12. The number of aromatic hydroxyl groups is 2. The van der Waals surface area contributed by atoms with E-state index in [0.29, 0.717) is 10.8 Å². The first-order valence-corrected chi connectivity index (χ1v) is 18.4. The molecule has 0 spiro atoms. The highest BCUT2D eigenvalue weighted by Gasteiger charge is 2.20. The van der Waals surface area contributed by atoms with Crippen LogP contribution in [0.5, 0.6) is 11.5 Å². The van der Waals surface area contributed by atoms with E-state index < -0.39 is 35.8 Å². The molecule has 16 nitrogen and oxygen atoms in total. The van der Waals surface area contributed by atoms with Crippen molar-refractivity contribution in [1.29, 1.82) is 0 Å². The van der Waals surface area contributed by atoms with E-state index in [4.69, 9.17) is 0 Å². The van der Waals surface area contributed by atoms with Gasteiger partial charge < -0.3 is 10.2 Å². The number of phenols is 2. The number of hydrogen-bond donors (Lipinski definition) is 4. The summed E-state index contributed by atoms with van der Waals surface area (Å²) in [4.78, 5) is 31.6. The lowest BCUT2D eigenvalue weighted by Crippen LogP contribution is -2.01. The average molecular weight is 767 g/mol. The van der Waals surface area contributed by atoms with Gasteiger partial charge in [0.15, 0.2) is 17.3 Å². The van der Waals surface area contributed by atoms with Crippen LogP contribution in [0.2, 0.25) is 0 Å². The van der Waals surface area contributed by atoms with Crippen LogP contribution in [0, 0.1) is 0 Å². The number of phenolic OH excluding ortho intramolecular Hbond substituents is 2. The third-order valence-corrected chi connectivity index (χ3v) is 9.78. The number of nitrogens with zero attached hydrogens (tertiary/aromatic N) is 6. The summed E-state index contributed by atoms with van der Waals surface area (Å²) in [6, 6.07) is 15.9. The predicted octanol–water partition coefficient (Wildman–Crippen LogP) is 8.09. The molecule has 4 N–H and O–H groups in total. The molecular weight excluding hydrogens is 741 g/mol. The highest BCUT2D eigenvalue weighted by molar-refractivity contribution is 7.86. The third kappa shape index (κ3) is 7.62. The zero-order chi connectivity index (χ0) is 38.9. The van der Waals surface area contributed by atoms with E-state index >= 15 is 0 Å². The van der Waals surface area contributed by atoms with E-state index in [1.807, 2.05) is 0 Å². The Labute approximate surface area is 306 Å². The lowest BCUT2D eigenvalue weighted by Gasteiger charge is -2.08. The quantitative estimate of drug-likeness (QED) is 0.0446. The van der Waals surface area contributed by atoms with Crippen molar-refractivity contribution < 1.29 is 45.7 Å². The summed E-state index contributed by atoms with van der Waals surface area (Å²) in [5.41, 5.74) is 0.0789. The Hall–Kier alpha value is -6.60. The van der Waals surface area contributed by atoms with Crippen LogP contribution in [0.25, 0.3) is 34.0 Å². The number of rotatable bonds is 10. The number of azo groups is 2. The first kappa shape index (κ1) is 37.2. The normalized spacial score (nSPS) is 12.4. The Bertz CT molecular complexity index is 2870. The summed E-state index contributed by atoms with van der Waals surface area (Å²) in [5, 5.41) is 37.9. The fourth-order valence-corrected chi connectivity index (χ4v) is 6.95. The van der Waals surface area contributed by atoms with Crippen LogP contribution in [0.3, 0.4) is 0 Å². The van der Waals surface area contributed by atoms with Crippen LogP contribution in [0.4, 0.5) is 22.7 Å². The lowest BCUT2D eigenvalue weighted by atomic mass is 10.0. The van der Waals surface area contributed by atoms with Gasteiger partial charge in [0.05, 0.1) is 16.9 Å². The molecule has 0 aliphatic carbocycles. The number of ketones is 2. The fraction of sp³-hybridized carbons (Fsp3) is 0.0556. The molecule has 0 saturated carbocycles. The van der Waals surface area contributed by atoms with Gasteiger partial charge in [-0.25, -0.2) is 0 Å². The summed E-state index contributed by atoms with van der Waals surface area (Å²) in [7, 11) is -9.80. The molecule has 54 heavy (non-hydrogen) atoms. The molecule has 0 atom stereocenters. The van der Waals surface area contributed by atoms with Gasteiger partial charge in [-0.3, -0.25) is 28.7 Å². The van der Waals surface area contributed by atoms with Crippen molar-refractivity contribution in [2.75, 3.05) is 0 Å². The molecule has 0 fully saturated rings.